The van der Waals surface area contributed by atoms with E-state index in [1.165, 1.54) is 19.5 Å². The summed E-state index contributed by atoms with van der Waals surface area (Å²) in [4.78, 5) is 2.66. The van der Waals surface area contributed by atoms with Gasteiger partial charge in [-0.15, -0.1) is 0 Å². The van der Waals surface area contributed by atoms with E-state index in [1.807, 2.05) is 0 Å². The van der Waals surface area contributed by atoms with Crippen LogP contribution >= 0.6 is 0 Å². The Labute approximate surface area is 81.5 Å². The number of hydrogen-bond acceptors (Lipinski definition) is 2. The molecule has 76 valence electrons. The average Bonchev–Trinajstić information content (AvgIpc) is 2.54. The van der Waals surface area contributed by atoms with Crippen molar-refractivity contribution in [2.75, 3.05) is 13.1 Å². The molecule has 13 heavy (non-hydrogen) atoms. The van der Waals surface area contributed by atoms with Gasteiger partial charge in [0.05, 0.1) is 0 Å². The van der Waals surface area contributed by atoms with Crippen molar-refractivity contribution >= 4 is 0 Å². The van der Waals surface area contributed by atoms with E-state index in [0.717, 1.165) is 23.8 Å². The lowest BCUT2D eigenvalue weighted by atomic mass is 10.00. The highest BCUT2D eigenvalue weighted by molar-refractivity contribution is 5.09. The van der Waals surface area contributed by atoms with Crippen LogP contribution < -0.4 is 5.73 Å². The molecule has 0 aromatic carbocycles. The van der Waals surface area contributed by atoms with Gasteiger partial charge in [0.2, 0.25) is 0 Å². The van der Waals surface area contributed by atoms with Gasteiger partial charge in [-0.2, -0.15) is 0 Å². The topological polar surface area (TPSA) is 29.3 Å². The molecular formula is C11H22N2. The molecular weight excluding hydrogens is 160 g/mol. The molecule has 2 aliphatic rings. The maximum Gasteiger partial charge on any atom is 0.0127 e. The fourth-order valence-electron chi connectivity index (χ4n) is 3.03. The maximum atomic E-state index is 5.93. The first-order chi connectivity index (χ1) is 6.15. The van der Waals surface area contributed by atoms with Gasteiger partial charge in [0, 0.05) is 25.2 Å². The Balaban J connectivity index is 1.89. The molecule has 2 N–H and O–H groups in total. The highest BCUT2D eigenvalue weighted by Gasteiger charge is 2.54. The summed E-state index contributed by atoms with van der Waals surface area (Å²) in [5, 5.41) is 0. The van der Waals surface area contributed by atoms with Crippen molar-refractivity contribution in [2.24, 2.45) is 23.5 Å². The van der Waals surface area contributed by atoms with Gasteiger partial charge in [-0.1, -0.05) is 20.8 Å². The Morgan fingerprint density at radius 3 is 2.23 bits per heavy atom. The lowest BCUT2D eigenvalue weighted by Gasteiger charge is -2.31. The molecule has 0 aromatic heterocycles. The van der Waals surface area contributed by atoms with E-state index in [1.54, 1.807) is 0 Å². The van der Waals surface area contributed by atoms with Gasteiger partial charge in [0.1, 0.15) is 0 Å². The number of likely N-dealkylation sites (tertiary alicyclic amines) is 1. The van der Waals surface area contributed by atoms with Crippen LogP contribution in [0, 0.1) is 17.8 Å². The Morgan fingerprint density at radius 2 is 1.85 bits per heavy atom. The van der Waals surface area contributed by atoms with Crippen LogP contribution in [-0.2, 0) is 0 Å². The van der Waals surface area contributed by atoms with Crippen LogP contribution in [0.1, 0.15) is 27.2 Å². The second-order valence-electron chi connectivity index (χ2n) is 5.08. The van der Waals surface area contributed by atoms with Crippen LogP contribution in [0.3, 0.4) is 0 Å². The zero-order valence-corrected chi connectivity index (χ0v) is 9.03. The molecule has 0 amide bonds. The molecule has 1 saturated heterocycles. The number of piperidine rings is 1. The molecule has 1 saturated carbocycles. The lowest BCUT2D eigenvalue weighted by Crippen LogP contribution is -2.40. The second kappa shape index (κ2) is 3.25. The van der Waals surface area contributed by atoms with Crippen LogP contribution in [0.5, 0.6) is 0 Å². The molecule has 2 rings (SSSR count). The minimum atomic E-state index is 0.543. The van der Waals surface area contributed by atoms with Crippen LogP contribution in [0.15, 0.2) is 0 Å². The SMILES string of the molecule is CCC(C(C)C)N1CC2C(N)C2C1. The smallest absolute Gasteiger partial charge is 0.0127 e. The van der Waals surface area contributed by atoms with E-state index < -0.39 is 0 Å². The first-order valence-electron chi connectivity index (χ1n) is 5.64. The van der Waals surface area contributed by atoms with E-state index in [4.69, 9.17) is 5.73 Å². The minimum absolute atomic E-state index is 0.543. The van der Waals surface area contributed by atoms with E-state index in [2.05, 4.69) is 25.7 Å². The van der Waals surface area contributed by atoms with Crippen molar-refractivity contribution in [1.29, 1.82) is 0 Å². The van der Waals surface area contributed by atoms with Crippen LogP contribution in [0.2, 0.25) is 0 Å². The molecule has 1 aliphatic heterocycles. The summed E-state index contributed by atoms with van der Waals surface area (Å²) in [6, 6.07) is 1.33. The quantitative estimate of drug-likeness (QED) is 0.713. The first kappa shape index (κ1) is 9.47. The van der Waals surface area contributed by atoms with Crippen LogP contribution in [0.25, 0.3) is 0 Å². The Morgan fingerprint density at radius 1 is 1.31 bits per heavy atom. The lowest BCUT2D eigenvalue weighted by molar-refractivity contribution is 0.165. The number of hydrogen-bond donors (Lipinski definition) is 1. The molecule has 2 fully saturated rings. The second-order valence-corrected chi connectivity index (χ2v) is 5.08. The zero-order chi connectivity index (χ0) is 9.59. The number of nitrogens with two attached hydrogens (primary N) is 1. The molecule has 0 aromatic rings. The third-order valence-electron chi connectivity index (χ3n) is 3.95. The molecule has 2 nitrogen and oxygen atoms in total. The summed E-state index contributed by atoms with van der Waals surface area (Å²) in [6.07, 6.45) is 1.28. The summed E-state index contributed by atoms with van der Waals surface area (Å²) in [5.74, 6) is 2.47. The Bertz CT molecular complexity index is 179. The zero-order valence-electron chi connectivity index (χ0n) is 9.03. The molecule has 0 radical (unpaired) electrons. The van der Waals surface area contributed by atoms with E-state index >= 15 is 0 Å². The summed E-state index contributed by atoms with van der Waals surface area (Å²) in [5.41, 5.74) is 5.93. The van der Waals surface area contributed by atoms with Crippen molar-refractivity contribution in [2.45, 2.75) is 39.3 Å². The van der Waals surface area contributed by atoms with Crippen LogP contribution in [-0.4, -0.2) is 30.1 Å². The predicted octanol–water partition coefficient (Wildman–Crippen LogP) is 1.31. The molecule has 2 heteroatoms. The fourth-order valence-corrected chi connectivity index (χ4v) is 3.03. The average molecular weight is 182 g/mol. The summed E-state index contributed by atoms with van der Waals surface area (Å²) in [7, 11) is 0. The monoisotopic (exact) mass is 182 g/mol. The molecule has 0 spiro atoms. The van der Waals surface area contributed by atoms with Crippen molar-refractivity contribution in [3.8, 4) is 0 Å². The number of fused-ring (bicyclic) bond motifs is 1. The largest absolute Gasteiger partial charge is 0.327 e. The Hall–Kier alpha value is -0.0800. The molecule has 3 unspecified atom stereocenters. The highest BCUT2D eigenvalue weighted by atomic mass is 15.2. The number of nitrogens with zero attached hydrogens (tertiary/aromatic N) is 1. The van der Waals surface area contributed by atoms with Gasteiger partial charge in [-0.05, 0) is 24.2 Å². The predicted molar refractivity (Wildman–Crippen MR) is 55.4 cm³/mol. The van der Waals surface area contributed by atoms with Crippen molar-refractivity contribution in [3.05, 3.63) is 0 Å². The molecule has 0 bridgehead atoms. The van der Waals surface area contributed by atoms with Crippen molar-refractivity contribution < 1.29 is 0 Å². The van der Waals surface area contributed by atoms with Crippen molar-refractivity contribution in [1.82, 2.24) is 4.90 Å². The van der Waals surface area contributed by atoms with E-state index in [9.17, 15) is 0 Å². The maximum absolute atomic E-state index is 5.93. The summed E-state index contributed by atoms with van der Waals surface area (Å²) in [6.45, 7) is 9.50. The van der Waals surface area contributed by atoms with Crippen LogP contribution in [0.4, 0.5) is 0 Å². The van der Waals surface area contributed by atoms with Gasteiger partial charge < -0.3 is 5.73 Å². The standard InChI is InChI=1S/C11H22N2/c1-4-10(7(2)3)13-5-8-9(6-13)11(8)12/h7-11H,4-6,12H2,1-3H3. The van der Waals surface area contributed by atoms with Gasteiger partial charge in [0.15, 0.2) is 0 Å². The third-order valence-corrected chi connectivity index (χ3v) is 3.95. The summed E-state index contributed by atoms with van der Waals surface area (Å²) >= 11 is 0. The minimum Gasteiger partial charge on any atom is -0.327 e. The fraction of sp³-hybridized carbons (Fsp3) is 1.00. The van der Waals surface area contributed by atoms with Gasteiger partial charge >= 0.3 is 0 Å². The van der Waals surface area contributed by atoms with E-state index in [-0.39, 0.29) is 0 Å². The van der Waals surface area contributed by atoms with Crippen molar-refractivity contribution in [3.63, 3.8) is 0 Å². The molecule has 3 atom stereocenters. The van der Waals surface area contributed by atoms with Gasteiger partial charge in [-0.25, -0.2) is 0 Å². The highest BCUT2D eigenvalue weighted by Crippen LogP contribution is 2.45. The normalized spacial score (nSPS) is 40.8. The first-order valence-corrected chi connectivity index (χ1v) is 5.64. The number of rotatable bonds is 3. The Kier molecular flexibility index (Phi) is 2.37. The molecule has 1 aliphatic carbocycles. The van der Waals surface area contributed by atoms with E-state index in [0.29, 0.717) is 6.04 Å². The van der Waals surface area contributed by atoms with Gasteiger partial charge in [0.25, 0.3) is 0 Å². The summed E-state index contributed by atoms with van der Waals surface area (Å²) < 4.78 is 0. The molecule has 1 heterocycles. The third kappa shape index (κ3) is 1.50. The van der Waals surface area contributed by atoms with Gasteiger partial charge in [-0.3, -0.25) is 4.90 Å².